The predicted octanol–water partition coefficient (Wildman–Crippen LogP) is 3.39. The monoisotopic (exact) mass is 276 g/mol. The van der Waals surface area contributed by atoms with Crippen LogP contribution in [0, 0.1) is 5.92 Å². The number of hydrazone groups is 1. The third-order valence-electron chi connectivity index (χ3n) is 4.31. The van der Waals surface area contributed by atoms with Gasteiger partial charge >= 0.3 is 0 Å². The molecule has 104 valence electrons. The summed E-state index contributed by atoms with van der Waals surface area (Å²) < 4.78 is 0. The van der Waals surface area contributed by atoms with Crippen molar-refractivity contribution in [3.63, 3.8) is 0 Å². The molecule has 4 rings (SSSR count). The van der Waals surface area contributed by atoms with Gasteiger partial charge in [0.15, 0.2) is 0 Å². The molecule has 0 N–H and O–H groups in total. The number of fused-ring (bicyclic) bond motifs is 3. The van der Waals surface area contributed by atoms with Crippen LogP contribution in [0.3, 0.4) is 0 Å². The molecule has 1 atom stereocenters. The van der Waals surface area contributed by atoms with Crippen LogP contribution in [-0.2, 0) is 11.2 Å². The van der Waals surface area contributed by atoms with Gasteiger partial charge in [0.1, 0.15) is 0 Å². The number of anilines is 1. The van der Waals surface area contributed by atoms with Gasteiger partial charge in [0.05, 0.1) is 11.4 Å². The Labute approximate surface area is 123 Å². The number of hydrogen-bond donors (Lipinski definition) is 0. The average molecular weight is 276 g/mol. The molecule has 1 amide bonds. The lowest BCUT2D eigenvalue weighted by molar-refractivity contribution is -0.119. The molecule has 2 aliphatic rings. The van der Waals surface area contributed by atoms with Crippen molar-refractivity contribution in [1.82, 2.24) is 0 Å². The SMILES string of the molecule is O=C1CC2CCc3ccccc3C2=NN1c1ccccc1. The lowest BCUT2D eigenvalue weighted by atomic mass is 9.79. The molecule has 3 heteroatoms. The molecule has 0 spiro atoms. The van der Waals surface area contributed by atoms with Crippen LogP contribution in [0.4, 0.5) is 5.69 Å². The number of benzene rings is 2. The summed E-state index contributed by atoms with van der Waals surface area (Å²) in [5.41, 5.74) is 4.47. The first-order valence-corrected chi connectivity index (χ1v) is 7.38. The number of rotatable bonds is 1. The van der Waals surface area contributed by atoms with Crippen molar-refractivity contribution in [2.45, 2.75) is 19.3 Å². The summed E-state index contributed by atoms with van der Waals surface area (Å²) in [6, 6.07) is 18.1. The minimum Gasteiger partial charge on any atom is -0.273 e. The Balaban J connectivity index is 1.82. The summed E-state index contributed by atoms with van der Waals surface area (Å²) in [5, 5.41) is 6.26. The van der Waals surface area contributed by atoms with Gasteiger partial charge < -0.3 is 0 Å². The third-order valence-corrected chi connectivity index (χ3v) is 4.31. The van der Waals surface area contributed by atoms with Gasteiger partial charge in [-0.05, 0) is 30.5 Å². The summed E-state index contributed by atoms with van der Waals surface area (Å²) in [7, 11) is 0. The van der Waals surface area contributed by atoms with E-state index >= 15 is 0 Å². The number of hydrogen-bond acceptors (Lipinski definition) is 2. The van der Waals surface area contributed by atoms with Gasteiger partial charge in [0.25, 0.3) is 0 Å². The Morgan fingerprint density at radius 2 is 1.76 bits per heavy atom. The maximum absolute atomic E-state index is 12.4. The predicted molar refractivity (Wildman–Crippen MR) is 83.3 cm³/mol. The van der Waals surface area contributed by atoms with Gasteiger partial charge in [0, 0.05) is 17.9 Å². The zero-order chi connectivity index (χ0) is 14.2. The van der Waals surface area contributed by atoms with Crippen molar-refractivity contribution in [2.75, 3.05) is 5.01 Å². The minimum absolute atomic E-state index is 0.0920. The van der Waals surface area contributed by atoms with Gasteiger partial charge in [-0.2, -0.15) is 5.10 Å². The molecule has 1 heterocycles. The fraction of sp³-hybridized carbons (Fsp3) is 0.222. The first kappa shape index (κ1) is 12.3. The van der Waals surface area contributed by atoms with E-state index in [1.165, 1.54) is 11.1 Å². The first-order valence-electron chi connectivity index (χ1n) is 7.38. The van der Waals surface area contributed by atoms with Gasteiger partial charge in [-0.3, -0.25) is 4.79 Å². The number of aryl methyl sites for hydroxylation is 1. The van der Waals surface area contributed by atoms with Crippen LogP contribution < -0.4 is 5.01 Å². The highest BCUT2D eigenvalue weighted by Crippen LogP contribution is 2.33. The molecule has 1 unspecified atom stereocenters. The van der Waals surface area contributed by atoms with E-state index in [1.807, 2.05) is 36.4 Å². The molecule has 1 aliphatic heterocycles. The molecule has 0 saturated heterocycles. The van der Waals surface area contributed by atoms with Crippen molar-refractivity contribution in [3.8, 4) is 0 Å². The molecule has 0 saturated carbocycles. The smallest absolute Gasteiger partial charge is 0.248 e. The van der Waals surface area contributed by atoms with Crippen LogP contribution in [0.2, 0.25) is 0 Å². The topological polar surface area (TPSA) is 32.7 Å². The zero-order valence-corrected chi connectivity index (χ0v) is 11.7. The number of carbonyl (C=O) groups excluding carboxylic acids is 1. The van der Waals surface area contributed by atoms with Crippen molar-refractivity contribution in [2.24, 2.45) is 11.0 Å². The van der Waals surface area contributed by atoms with Gasteiger partial charge in [-0.15, -0.1) is 0 Å². The van der Waals surface area contributed by atoms with E-state index in [0.717, 1.165) is 24.2 Å². The van der Waals surface area contributed by atoms with E-state index in [9.17, 15) is 4.79 Å². The Kier molecular flexibility index (Phi) is 2.85. The Bertz CT molecular complexity index is 721. The van der Waals surface area contributed by atoms with Crippen LogP contribution in [0.5, 0.6) is 0 Å². The summed E-state index contributed by atoms with van der Waals surface area (Å²) >= 11 is 0. The first-order chi connectivity index (χ1) is 10.3. The van der Waals surface area contributed by atoms with Crippen LogP contribution in [0.25, 0.3) is 0 Å². The van der Waals surface area contributed by atoms with E-state index in [4.69, 9.17) is 5.10 Å². The molecule has 0 bridgehead atoms. The summed E-state index contributed by atoms with van der Waals surface area (Å²) in [4.78, 5) is 12.4. The van der Waals surface area contributed by atoms with Crippen LogP contribution in [-0.4, -0.2) is 11.6 Å². The van der Waals surface area contributed by atoms with Crippen LogP contribution >= 0.6 is 0 Å². The van der Waals surface area contributed by atoms with Crippen LogP contribution in [0.15, 0.2) is 59.7 Å². The van der Waals surface area contributed by atoms with Crippen molar-refractivity contribution < 1.29 is 4.79 Å². The highest BCUT2D eigenvalue weighted by Gasteiger charge is 2.34. The van der Waals surface area contributed by atoms with Gasteiger partial charge in [-0.1, -0.05) is 42.5 Å². The molecule has 0 fully saturated rings. The zero-order valence-electron chi connectivity index (χ0n) is 11.7. The number of amides is 1. The second kappa shape index (κ2) is 4.85. The van der Waals surface area contributed by atoms with Crippen molar-refractivity contribution >= 4 is 17.3 Å². The molecule has 2 aromatic rings. The fourth-order valence-corrected chi connectivity index (χ4v) is 3.24. The normalized spacial score (nSPS) is 20.6. The fourth-order valence-electron chi connectivity index (χ4n) is 3.24. The maximum atomic E-state index is 12.4. The minimum atomic E-state index is 0.0920. The lowest BCUT2D eigenvalue weighted by Gasteiger charge is -2.33. The largest absolute Gasteiger partial charge is 0.273 e. The molecular weight excluding hydrogens is 260 g/mol. The summed E-state index contributed by atoms with van der Waals surface area (Å²) in [5.74, 6) is 0.363. The lowest BCUT2D eigenvalue weighted by Crippen LogP contribution is -2.39. The molecule has 2 aromatic carbocycles. The average Bonchev–Trinajstić information content (AvgIpc) is 2.55. The maximum Gasteiger partial charge on any atom is 0.248 e. The molecule has 0 radical (unpaired) electrons. The van der Waals surface area contributed by atoms with Crippen molar-refractivity contribution in [3.05, 3.63) is 65.7 Å². The second-order valence-electron chi connectivity index (χ2n) is 5.62. The standard InChI is InChI=1S/C18H16N2O/c21-17-12-14-11-10-13-6-4-5-9-16(13)18(14)19-20(17)15-7-2-1-3-8-15/h1-9,14H,10-12H2. The Morgan fingerprint density at radius 1 is 1.00 bits per heavy atom. The number of nitrogens with zero attached hydrogens (tertiary/aromatic N) is 2. The number of carbonyl (C=O) groups is 1. The molecule has 21 heavy (non-hydrogen) atoms. The Hall–Kier alpha value is -2.42. The van der Waals surface area contributed by atoms with E-state index in [0.29, 0.717) is 6.42 Å². The highest BCUT2D eigenvalue weighted by molar-refractivity contribution is 6.11. The molecular formula is C18H16N2O. The summed E-state index contributed by atoms with van der Waals surface area (Å²) in [6.07, 6.45) is 2.62. The summed E-state index contributed by atoms with van der Waals surface area (Å²) in [6.45, 7) is 0. The molecule has 3 nitrogen and oxygen atoms in total. The van der Waals surface area contributed by atoms with E-state index in [-0.39, 0.29) is 11.8 Å². The molecule has 0 aromatic heterocycles. The van der Waals surface area contributed by atoms with Gasteiger partial charge in [0.2, 0.25) is 5.91 Å². The number of para-hydroxylation sites is 1. The van der Waals surface area contributed by atoms with E-state index < -0.39 is 0 Å². The highest BCUT2D eigenvalue weighted by atomic mass is 16.2. The third kappa shape index (κ3) is 2.05. The van der Waals surface area contributed by atoms with Crippen LogP contribution in [0.1, 0.15) is 24.0 Å². The van der Waals surface area contributed by atoms with E-state index in [1.54, 1.807) is 5.01 Å². The van der Waals surface area contributed by atoms with Crippen molar-refractivity contribution in [1.29, 1.82) is 0 Å². The Morgan fingerprint density at radius 3 is 2.62 bits per heavy atom. The van der Waals surface area contributed by atoms with E-state index in [2.05, 4.69) is 18.2 Å². The van der Waals surface area contributed by atoms with Gasteiger partial charge in [-0.25, -0.2) is 5.01 Å². The second-order valence-corrected chi connectivity index (χ2v) is 5.62. The quantitative estimate of drug-likeness (QED) is 0.785. The molecule has 1 aliphatic carbocycles.